The van der Waals surface area contributed by atoms with Crippen LogP contribution in [-0.2, 0) is 0 Å². The van der Waals surface area contributed by atoms with E-state index in [1.54, 1.807) is 0 Å². The van der Waals surface area contributed by atoms with Crippen molar-refractivity contribution in [2.75, 3.05) is 9.80 Å². The minimum atomic E-state index is 0.493. The van der Waals surface area contributed by atoms with Crippen LogP contribution in [0.5, 0.6) is 0 Å². The molecule has 4 nitrogen and oxygen atoms in total. The quantitative estimate of drug-likeness (QED) is 0.0959. The molecule has 0 radical (unpaired) electrons. The molecule has 0 saturated heterocycles. The van der Waals surface area contributed by atoms with Crippen LogP contribution >= 0.6 is 0 Å². The van der Waals surface area contributed by atoms with Gasteiger partial charge in [0.15, 0.2) is 0 Å². The Balaban J connectivity index is 0.691. The van der Waals surface area contributed by atoms with Crippen LogP contribution < -0.4 is 9.80 Å². The van der Waals surface area contributed by atoms with Crippen molar-refractivity contribution in [3.8, 4) is 55.9 Å². The lowest BCUT2D eigenvalue weighted by Crippen LogP contribution is -2.10. The van der Waals surface area contributed by atoms with E-state index in [0.29, 0.717) is 11.8 Å². The zero-order valence-electron chi connectivity index (χ0n) is 51.4. The summed E-state index contributed by atoms with van der Waals surface area (Å²) in [4.78, 5) is 4.75. The van der Waals surface area contributed by atoms with Crippen LogP contribution in [0.3, 0.4) is 0 Å². The van der Waals surface area contributed by atoms with Crippen molar-refractivity contribution >= 4 is 77.7 Å². The topological polar surface area (TPSA) is 16.3 Å². The maximum Gasteiger partial charge on any atom is 0.0541 e. The average molecular weight is 1160 g/mol. The van der Waals surface area contributed by atoms with Crippen molar-refractivity contribution in [2.45, 2.75) is 52.4 Å². The summed E-state index contributed by atoms with van der Waals surface area (Å²) in [7, 11) is 0. The zero-order chi connectivity index (χ0) is 60.7. The minimum absolute atomic E-state index is 0.493. The molecule has 2 atom stereocenters. The van der Waals surface area contributed by atoms with Gasteiger partial charge < -0.3 is 18.9 Å². The minimum Gasteiger partial charge on any atom is -0.311 e. The lowest BCUT2D eigenvalue weighted by atomic mass is 9.97. The molecule has 0 N–H and O–H groups in total. The summed E-state index contributed by atoms with van der Waals surface area (Å²) in [6.07, 6.45) is 2.20. The Hall–Kier alpha value is -10.9. The number of nitrogens with zero attached hydrogens (tertiary/aromatic N) is 4. The Morgan fingerprint density at radius 2 is 0.478 bits per heavy atom. The molecular weight excluding hydrogens is 1090 g/mol. The number of anilines is 6. The summed E-state index contributed by atoms with van der Waals surface area (Å²) in [5.74, 6) is 0.987. The molecule has 0 aliphatic carbocycles. The van der Waals surface area contributed by atoms with Gasteiger partial charge >= 0.3 is 0 Å². The van der Waals surface area contributed by atoms with Gasteiger partial charge in [-0.3, -0.25) is 0 Å². The third kappa shape index (κ3) is 10.4. The first-order valence-corrected chi connectivity index (χ1v) is 31.8. The summed E-state index contributed by atoms with van der Waals surface area (Å²) in [6, 6.07) is 116. The number of rotatable bonds is 16. The number of fused-ring (bicyclic) bond motifs is 6. The van der Waals surface area contributed by atoms with Crippen LogP contribution in [0.15, 0.2) is 315 Å². The highest BCUT2D eigenvalue weighted by molar-refractivity contribution is 6.10. The molecule has 2 unspecified atom stereocenters. The van der Waals surface area contributed by atoms with Gasteiger partial charge in [-0.25, -0.2) is 0 Å². The van der Waals surface area contributed by atoms with Crippen LogP contribution in [0.2, 0.25) is 0 Å². The Labute approximate surface area is 528 Å². The normalized spacial score (nSPS) is 12.2. The van der Waals surface area contributed by atoms with Gasteiger partial charge in [0.25, 0.3) is 0 Å². The van der Waals surface area contributed by atoms with E-state index in [4.69, 9.17) is 0 Å². The highest BCUT2D eigenvalue weighted by Crippen LogP contribution is 2.42. The van der Waals surface area contributed by atoms with Crippen LogP contribution in [0.4, 0.5) is 34.1 Å². The molecule has 0 fully saturated rings. The Kier molecular flexibility index (Phi) is 14.8. The molecule has 434 valence electrons. The van der Waals surface area contributed by atoms with Crippen LogP contribution in [0.25, 0.3) is 99.5 Å². The van der Waals surface area contributed by atoms with Crippen molar-refractivity contribution in [1.82, 2.24) is 9.13 Å². The Morgan fingerprint density at radius 1 is 0.244 bits per heavy atom. The highest BCUT2D eigenvalue weighted by Gasteiger charge is 2.19. The van der Waals surface area contributed by atoms with Crippen molar-refractivity contribution in [3.05, 3.63) is 327 Å². The van der Waals surface area contributed by atoms with Gasteiger partial charge in [-0.05, 0) is 208 Å². The third-order valence-electron chi connectivity index (χ3n) is 18.8. The maximum absolute atomic E-state index is 2.38. The molecule has 2 heterocycles. The maximum atomic E-state index is 2.38. The molecule has 15 rings (SSSR count). The molecule has 2 aromatic heterocycles. The molecule has 15 aromatic rings. The van der Waals surface area contributed by atoms with Gasteiger partial charge in [0.1, 0.15) is 0 Å². The summed E-state index contributed by atoms with van der Waals surface area (Å²) < 4.78 is 4.75. The second-order valence-corrected chi connectivity index (χ2v) is 24.1. The van der Waals surface area contributed by atoms with Crippen molar-refractivity contribution < 1.29 is 0 Å². The predicted molar refractivity (Wildman–Crippen MR) is 384 cm³/mol. The first-order valence-electron chi connectivity index (χ1n) is 31.8. The van der Waals surface area contributed by atoms with Gasteiger partial charge in [-0.1, -0.05) is 216 Å². The van der Waals surface area contributed by atoms with Crippen LogP contribution in [0, 0.1) is 0 Å². The van der Waals surface area contributed by atoms with Crippen molar-refractivity contribution in [2.24, 2.45) is 0 Å². The van der Waals surface area contributed by atoms with Crippen molar-refractivity contribution in [3.63, 3.8) is 0 Å². The van der Waals surface area contributed by atoms with E-state index in [-0.39, 0.29) is 0 Å². The molecule has 4 heteroatoms. The Morgan fingerprint density at radius 3 is 0.744 bits per heavy atom. The van der Waals surface area contributed by atoms with Gasteiger partial charge in [-0.15, -0.1) is 0 Å². The third-order valence-corrected chi connectivity index (χ3v) is 18.8. The van der Waals surface area contributed by atoms with E-state index in [2.05, 4.69) is 362 Å². The number of hydrogen-bond acceptors (Lipinski definition) is 2. The van der Waals surface area contributed by atoms with Gasteiger partial charge in [0.05, 0.1) is 22.1 Å². The fraction of sp³-hybridized carbons (Fsp3) is 0.0930. The van der Waals surface area contributed by atoms with E-state index in [9.17, 15) is 0 Å². The summed E-state index contributed by atoms with van der Waals surface area (Å²) in [5, 5.41) is 5.08. The van der Waals surface area contributed by atoms with E-state index in [0.717, 1.165) is 58.3 Å². The molecule has 90 heavy (non-hydrogen) atoms. The van der Waals surface area contributed by atoms with Crippen LogP contribution in [-0.4, -0.2) is 9.13 Å². The fourth-order valence-corrected chi connectivity index (χ4v) is 13.4. The predicted octanol–water partition coefficient (Wildman–Crippen LogP) is 24.5. The summed E-state index contributed by atoms with van der Waals surface area (Å²) in [5.41, 5.74) is 25.9. The lowest BCUT2D eigenvalue weighted by molar-refractivity contribution is 0.733. The fourth-order valence-electron chi connectivity index (χ4n) is 13.4. The molecule has 0 spiro atoms. The number of benzene rings is 13. The smallest absolute Gasteiger partial charge is 0.0541 e. The van der Waals surface area contributed by atoms with Gasteiger partial charge in [-0.2, -0.15) is 0 Å². The number of para-hydroxylation sites is 4. The van der Waals surface area contributed by atoms with E-state index in [1.807, 2.05) is 0 Å². The number of aromatic nitrogens is 2. The largest absolute Gasteiger partial charge is 0.311 e. The van der Waals surface area contributed by atoms with Crippen LogP contribution in [0.1, 0.15) is 63.5 Å². The monoisotopic (exact) mass is 1160 g/mol. The van der Waals surface area contributed by atoms with E-state index in [1.165, 1.54) is 99.2 Å². The van der Waals surface area contributed by atoms with Gasteiger partial charge in [0, 0.05) is 67.0 Å². The first kappa shape index (κ1) is 55.6. The molecule has 0 aliphatic rings. The lowest BCUT2D eigenvalue weighted by Gasteiger charge is -2.26. The zero-order valence-corrected chi connectivity index (χ0v) is 51.4. The average Bonchev–Trinajstić information content (AvgIpc) is 1.72. The molecule has 0 amide bonds. The molecular formula is C86H70N4. The SMILES string of the molecule is CCC(C)c1ccc(N(c2ccc(-c3ccc(-n4c5ccccc5c5ccccc54)cc3)cc2)c2ccc(-c3cccc(-c4ccc(N(c5ccc(-c6ccc(-n7c8ccccc8c8ccccc87)cc6)cc5)c5ccc(C(C)CC)cc5)cc4)c3)cc2)cc1. The second kappa shape index (κ2) is 24.0. The first-order chi connectivity index (χ1) is 44.3. The summed E-state index contributed by atoms with van der Waals surface area (Å²) in [6.45, 7) is 9.13. The molecule has 0 bridgehead atoms. The molecule has 13 aromatic carbocycles. The van der Waals surface area contributed by atoms with Gasteiger partial charge in [0.2, 0.25) is 0 Å². The van der Waals surface area contributed by atoms with E-state index >= 15 is 0 Å². The molecule has 0 aliphatic heterocycles. The van der Waals surface area contributed by atoms with Crippen molar-refractivity contribution in [1.29, 1.82) is 0 Å². The summed E-state index contributed by atoms with van der Waals surface area (Å²) >= 11 is 0. The Bertz CT molecular complexity index is 4570. The standard InChI is InChI=1S/C86H70N4/c1-5-59(3)61-26-42-71(43-27-61)87(73-46-30-63(31-47-73)65-34-54-77(55-35-65)89-83-22-11-7-18-79(83)80-19-8-12-23-84(80)89)75-50-38-67(39-51-75)69-16-15-17-70(58-69)68-40-52-76(53-41-68)88(72-44-28-62(29-45-72)60(4)6-2)74-48-32-64(33-49-74)66-36-56-78(57-37-66)90-85-24-13-9-20-81(85)82-21-10-14-25-86(82)90/h7-60H,5-6H2,1-4H3. The second-order valence-electron chi connectivity index (χ2n) is 24.1. The van der Waals surface area contributed by atoms with E-state index < -0.39 is 0 Å². The highest BCUT2D eigenvalue weighted by atomic mass is 15.1. The number of hydrogen-bond donors (Lipinski definition) is 0. The molecule has 0 saturated carbocycles.